The molecule has 1 heterocycles. The summed E-state index contributed by atoms with van der Waals surface area (Å²) in [6.45, 7) is 16.2. The van der Waals surface area contributed by atoms with Gasteiger partial charge < -0.3 is 5.32 Å². The molecule has 0 fully saturated rings. The predicted molar refractivity (Wildman–Crippen MR) is 85.1 cm³/mol. The lowest BCUT2D eigenvalue weighted by Crippen LogP contribution is -2.18. The van der Waals surface area contributed by atoms with Crippen LogP contribution in [-0.4, -0.2) is 21.3 Å². The Morgan fingerprint density at radius 2 is 1.74 bits per heavy atom. The maximum absolute atomic E-state index is 4.71. The average Bonchev–Trinajstić information content (AvgIpc) is 2.22. The number of hydrogen-bond donors (Lipinski definition) is 1. The number of anilines is 1. The summed E-state index contributed by atoms with van der Waals surface area (Å²) >= 11 is 1.79. The maximum atomic E-state index is 4.71. The van der Waals surface area contributed by atoms with Gasteiger partial charge in [0, 0.05) is 22.8 Å². The number of hydrogen-bond acceptors (Lipinski definition) is 4. The number of nitrogens with zero attached hydrogens (tertiary/aromatic N) is 2. The Balaban J connectivity index is 3.09. The van der Waals surface area contributed by atoms with Crippen molar-refractivity contribution < 1.29 is 0 Å². The fourth-order valence-electron chi connectivity index (χ4n) is 1.47. The molecule has 0 bridgehead atoms. The zero-order valence-electron chi connectivity index (χ0n) is 13.3. The van der Waals surface area contributed by atoms with Gasteiger partial charge in [0.25, 0.3) is 0 Å². The van der Waals surface area contributed by atoms with Gasteiger partial charge in [-0.25, -0.2) is 9.97 Å². The van der Waals surface area contributed by atoms with E-state index < -0.39 is 0 Å². The van der Waals surface area contributed by atoms with E-state index in [0.29, 0.717) is 0 Å². The Morgan fingerprint density at radius 1 is 1.11 bits per heavy atom. The number of rotatable bonds is 4. The zero-order valence-corrected chi connectivity index (χ0v) is 14.1. The van der Waals surface area contributed by atoms with Gasteiger partial charge >= 0.3 is 0 Å². The predicted octanol–water partition coefficient (Wildman–Crippen LogP) is 4.49. The summed E-state index contributed by atoms with van der Waals surface area (Å²) in [5.41, 5.74) is -0.0307. The number of nitrogens with one attached hydrogen (secondary N) is 1. The molecule has 108 valence electrons. The summed E-state index contributed by atoms with van der Waals surface area (Å²) in [7, 11) is 0. The first-order valence-corrected chi connectivity index (χ1v) is 7.76. The molecule has 0 aliphatic carbocycles. The molecular formula is C15H27N3S. The summed E-state index contributed by atoms with van der Waals surface area (Å²) in [5.74, 6) is 1.84. The van der Waals surface area contributed by atoms with Crippen LogP contribution in [0.4, 0.5) is 5.82 Å². The normalized spacial score (nSPS) is 12.6. The third-order valence-corrected chi connectivity index (χ3v) is 3.37. The number of aromatic nitrogens is 2. The van der Waals surface area contributed by atoms with Crippen LogP contribution < -0.4 is 5.32 Å². The van der Waals surface area contributed by atoms with Crippen LogP contribution in [0.15, 0.2) is 11.1 Å². The molecule has 1 N–H and O–H groups in total. The third-order valence-electron chi connectivity index (χ3n) is 2.34. The third kappa shape index (κ3) is 5.81. The summed E-state index contributed by atoms with van der Waals surface area (Å²) in [4.78, 5) is 9.35. The Hall–Kier alpha value is -0.770. The smallest absolute Gasteiger partial charge is 0.137 e. The highest BCUT2D eigenvalue weighted by Crippen LogP contribution is 2.33. The largest absolute Gasteiger partial charge is 0.370 e. The molecule has 0 aromatic carbocycles. The summed E-state index contributed by atoms with van der Waals surface area (Å²) in [5, 5.41) is 4.42. The van der Waals surface area contributed by atoms with Crippen molar-refractivity contribution in [1.29, 1.82) is 0 Å². The Morgan fingerprint density at radius 3 is 2.21 bits per heavy atom. The highest BCUT2D eigenvalue weighted by atomic mass is 32.2. The van der Waals surface area contributed by atoms with Gasteiger partial charge in [-0.2, -0.15) is 0 Å². The minimum absolute atomic E-state index is 0.0307. The van der Waals surface area contributed by atoms with Crippen LogP contribution in [-0.2, 0) is 5.41 Å². The Bertz CT molecular complexity index is 416. The van der Waals surface area contributed by atoms with Crippen LogP contribution in [0, 0.1) is 0 Å². The molecule has 0 atom stereocenters. The van der Waals surface area contributed by atoms with Gasteiger partial charge in [0.15, 0.2) is 0 Å². The van der Waals surface area contributed by atoms with E-state index in [1.54, 1.807) is 11.8 Å². The van der Waals surface area contributed by atoms with Crippen molar-refractivity contribution in [3.05, 3.63) is 11.9 Å². The van der Waals surface area contributed by atoms with Gasteiger partial charge in [-0.1, -0.05) is 48.5 Å². The van der Waals surface area contributed by atoms with Crippen LogP contribution in [0.5, 0.6) is 0 Å². The van der Waals surface area contributed by atoms with Gasteiger partial charge in [-0.3, -0.25) is 0 Å². The second kappa shape index (κ2) is 6.12. The van der Waals surface area contributed by atoms with Crippen LogP contribution in [0.25, 0.3) is 0 Å². The fourth-order valence-corrected chi connectivity index (χ4v) is 2.40. The molecule has 0 radical (unpaired) electrons. The molecule has 1 aromatic rings. The average molecular weight is 281 g/mol. The van der Waals surface area contributed by atoms with Crippen molar-refractivity contribution in [3.8, 4) is 0 Å². The van der Waals surface area contributed by atoms with Crippen molar-refractivity contribution in [2.45, 2.75) is 70.1 Å². The van der Waals surface area contributed by atoms with Crippen molar-refractivity contribution in [2.24, 2.45) is 0 Å². The first kappa shape index (κ1) is 16.3. The fraction of sp³-hybridized carbons (Fsp3) is 0.733. The first-order chi connectivity index (χ1) is 8.62. The molecule has 1 rings (SSSR count). The summed E-state index contributed by atoms with van der Waals surface area (Å²) in [6, 6.07) is 2.06. The van der Waals surface area contributed by atoms with Gasteiger partial charge in [-0.05, 0) is 6.42 Å². The molecule has 19 heavy (non-hydrogen) atoms. The van der Waals surface area contributed by atoms with E-state index in [2.05, 4.69) is 64.8 Å². The van der Waals surface area contributed by atoms with E-state index in [0.717, 1.165) is 29.6 Å². The molecule has 0 aliphatic rings. The molecule has 0 spiro atoms. The van der Waals surface area contributed by atoms with Crippen molar-refractivity contribution in [1.82, 2.24) is 9.97 Å². The molecule has 0 saturated carbocycles. The lowest BCUT2D eigenvalue weighted by atomic mass is 9.96. The van der Waals surface area contributed by atoms with Gasteiger partial charge in [0.1, 0.15) is 16.7 Å². The van der Waals surface area contributed by atoms with Gasteiger partial charge in [-0.15, -0.1) is 11.8 Å². The second-order valence-corrected chi connectivity index (χ2v) is 8.65. The monoisotopic (exact) mass is 281 g/mol. The van der Waals surface area contributed by atoms with E-state index in [4.69, 9.17) is 4.98 Å². The van der Waals surface area contributed by atoms with Crippen molar-refractivity contribution in [2.75, 3.05) is 11.9 Å². The van der Waals surface area contributed by atoms with E-state index >= 15 is 0 Å². The van der Waals surface area contributed by atoms with Gasteiger partial charge in [0.05, 0.1) is 0 Å². The highest BCUT2D eigenvalue weighted by molar-refractivity contribution is 8.00. The lowest BCUT2D eigenvalue weighted by Gasteiger charge is -2.21. The standard InChI is InChI=1S/C15H27N3S/c1-8-9-16-11-10-12(19-15(5,6)7)18-13(17-11)14(2,3)4/h10H,8-9H2,1-7H3,(H,16,17,18). The minimum atomic E-state index is -0.0307. The van der Waals surface area contributed by atoms with Crippen LogP contribution >= 0.6 is 11.8 Å². The topological polar surface area (TPSA) is 37.8 Å². The molecule has 4 heteroatoms. The van der Waals surface area contributed by atoms with Crippen LogP contribution in [0.1, 0.15) is 60.7 Å². The van der Waals surface area contributed by atoms with Crippen LogP contribution in [0.2, 0.25) is 0 Å². The molecule has 0 aliphatic heterocycles. The quantitative estimate of drug-likeness (QED) is 0.652. The molecule has 1 aromatic heterocycles. The Labute approximate surface area is 122 Å². The molecule has 0 saturated heterocycles. The van der Waals surface area contributed by atoms with E-state index in [9.17, 15) is 0 Å². The summed E-state index contributed by atoms with van der Waals surface area (Å²) < 4.78 is 0.158. The van der Waals surface area contributed by atoms with Gasteiger partial charge in [0.2, 0.25) is 0 Å². The maximum Gasteiger partial charge on any atom is 0.137 e. The number of thioether (sulfide) groups is 1. The van der Waals surface area contributed by atoms with Crippen molar-refractivity contribution >= 4 is 17.6 Å². The first-order valence-electron chi connectivity index (χ1n) is 6.94. The highest BCUT2D eigenvalue weighted by Gasteiger charge is 2.21. The zero-order chi connectivity index (χ0) is 14.7. The Kier molecular flexibility index (Phi) is 5.25. The van der Waals surface area contributed by atoms with Crippen molar-refractivity contribution in [3.63, 3.8) is 0 Å². The second-order valence-electron chi connectivity index (χ2n) is 6.81. The van der Waals surface area contributed by atoms with E-state index in [1.807, 2.05) is 0 Å². The van der Waals surface area contributed by atoms with Crippen LogP contribution in [0.3, 0.4) is 0 Å². The molecule has 0 amide bonds. The molecular weight excluding hydrogens is 254 g/mol. The van der Waals surface area contributed by atoms with E-state index in [-0.39, 0.29) is 10.2 Å². The minimum Gasteiger partial charge on any atom is -0.370 e. The molecule has 0 unspecified atom stereocenters. The summed E-state index contributed by atoms with van der Waals surface area (Å²) in [6.07, 6.45) is 1.09. The lowest BCUT2D eigenvalue weighted by molar-refractivity contribution is 0.539. The van der Waals surface area contributed by atoms with E-state index in [1.165, 1.54) is 0 Å². The SMILES string of the molecule is CCCNc1cc(SC(C)(C)C)nc(C(C)(C)C)n1. The molecule has 3 nitrogen and oxygen atoms in total.